The number of aryl methyl sites for hydroxylation is 1. The minimum absolute atomic E-state index is 0.414. The highest BCUT2D eigenvalue weighted by atomic mass is 79.9. The van der Waals surface area contributed by atoms with Gasteiger partial charge in [-0.15, -0.1) is 0 Å². The van der Waals surface area contributed by atoms with E-state index in [-0.39, 0.29) is 0 Å². The molecule has 0 fully saturated rings. The Morgan fingerprint density at radius 2 is 2.00 bits per heavy atom. The van der Waals surface area contributed by atoms with Crippen LogP contribution in [0.15, 0.2) is 28.9 Å². The molecule has 0 saturated carbocycles. The zero-order chi connectivity index (χ0) is 13.3. The van der Waals surface area contributed by atoms with E-state index in [1.165, 1.54) is 0 Å². The number of benzene rings is 1. The fourth-order valence-corrected chi connectivity index (χ4v) is 3.05. The lowest BCUT2D eigenvalue weighted by molar-refractivity contribution is 0.599. The molecule has 18 heavy (non-hydrogen) atoms. The fourth-order valence-electron chi connectivity index (χ4n) is 1.88. The molecule has 3 nitrogen and oxygen atoms in total. The zero-order valence-electron chi connectivity index (χ0n) is 9.70. The van der Waals surface area contributed by atoms with E-state index in [0.29, 0.717) is 10.0 Å². The predicted octanol–water partition coefficient (Wildman–Crippen LogP) is 4.02. The van der Waals surface area contributed by atoms with Crippen LogP contribution in [0.2, 0.25) is 10.0 Å². The van der Waals surface area contributed by atoms with E-state index < -0.39 is 6.04 Å². The van der Waals surface area contributed by atoms with E-state index in [0.717, 1.165) is 22.3 Å². The lowest BCUT2D eigenvalue weighted by atomic mass is 10.0. The third-order valence-corrected chi connectivity index (χ3v) is 4.01. The van der Waals surface area contributed by atoms with Crippen molar-refractivity contribution in [2.45, 2.75) is 19.5 Å². The summed E-state index contributed by atoms with van der Waals surface area (Å²) in [6, 6.07) is 4.95. The van der Waals surface area contributed by atoms with Gasteiger partial charge in [0.2, 0.25) is 0 Å². The first-order valence-electron chi connectivity index (χ1n) is 5.47. The molecule has 96 valence electrons. The number of nitrogens with two attached hydrogens (primary N) is 1. The number of halogens is 3. The van der Waals surface area contributed by atoms with Crippen molar-refractivity contribution in [2.24, 2.45) is 5.73 Å². The molecule has 0 saturated heterocycles. The van der Waals surface area contributed by atoms with Crippen LogP contribution in [0.1, 0.15) is 24.2 Å². The summed E-state index contributed by atoms with van der Waals surface area (Å²) in [5.41, 5.74) is 7.87. The van der Waals surface area contributed by atoms with Gasteiger partial charge in [-0.3, -0.25) is 4.68 Å². The smallest absolute Gasteiger partial charge is 0.0764 e. The van der Waals surface area contributed by atoms with Crippen molar-refractivity contribution in [3.05, 3.63) is 50.2 Å². The van der Waals surface area contributed by atoms with E-state index in [2.05, 4.69) is 21.0 Å². The Balaban J connectivity index is 2.54. The Morgan fingerprint density at radius 1 is 1.39 bits per heavy atom. The minimum atomic E-state index is -0.414. The SMILES string of the molecule is CCn1ncc(Br)c1C(N)c1c(Cl)cccc1Cl. The van der Waals surface area contributed by atoms with Crippen molar-refractivity contribution < 1.29 is 0 Å². The molecule has 1 atom stereocenters. The maximum Gasteiger partial charge on any atom is 0.0764 e. The highest BCUT2D eigenvalue weighted by Crippen LogP contribution is 2.35. The van der Waals surface area contributed by atoms with Gasteiger partial charge in [0.15, 0.2) is 0 Å². The standard InChI is InChI=1S/C12H12BrCl2N3/c1-2-18-12(7(13)6-17-18)11(16)10-8(14)4-3-5-9(10)15/h3-6,11H,2,16H2,1H3. The van der Waals surface area contributed by atoms with Crippen LogP contribution in [-0.4, -0.2) is 9.78 Å². The Hall–Kier alpha value is -0.550. The monoisotopic (exact) mass is 347 g/mol. The van der Waals surface area contributed by atoms with Crippen LogP contribution in [0.5, 0.6) is 0 Å². The fraction of sp³-hybridized carbons (Fsp3) is 0.250. The molecular weight excluding hydrogens is 337 g/mol. The Labute approximate surface area is 124 Å². The number of rotatable bonds is 3. The van der Waals surface area contributed by atoms with Gasteiger partial charge in [-0.25, -0.2) is 0 Å². The molecule has 1 heterocycles. The minimum Gasteiger partial charge on any atom is -0.319 e. The maximum absolute atomic E-state index is 6.28. The van der Waals surface area contributed by atoms with Gasteiger partial charge >= 0.3 is 0 Å². The van der Waals surface area contributed by atoms with E-state index >= 15 is 0 Å². The summed E-state index contributed by atoms with van der Waals surface area (Å²) in [6.45, 7) is 2.74. The average molecular weight is 349 g/mol. The van der Waals surface area contributed by atoms with Crippen LogP contribution < -0.4 is 5.73 Å². The molecule has 6 heteroatoms. The summed E-state index contributed by atoms with van der Waals surface area (Å²) in [5.74, 6) is 0. The predicted molar refractivity (Wildman–Crippen MR) is 78.1 cm³/mol. The Bertz CT molecular complexity index is 548. The third-order valence-electron chi connectivity index (χ3n) is 2.74. The Morgan fingerprint density at radius 3 is 2.56 bits per heavy atom. The molecule has 0 bridgehead atoms. The molecule has 1 aromatic heterocycles. The summed E-state index contributed by atoms with van der Waals surface area (Å²) < 4.78 is 2.68. The number of hydrogen-bond donors (Lipinski definition) is 1. The summed E-state index contributed by atoms with van der Waals surface area (Å²) in [4.78, 5) is 0. The van der Waals surface area contributed by atoms with Gasteiger partial charge in [0.25, 0.3) is 0 Å². The quantitative estimate of drug-likeness (QED) is 0.910. The summed E-state index contributed by atoms with van der Waals surface area (Å²) in [7, 11) is 0. The maximum atomic E-state index is 6.28. The number of nitrogens with zero attached hydrogens (tertiary/aromatic N) is 2. The first-order chi connectivity index (χ1) is 8.56. The van der Waals surface area contributed by atoms with E-state index in [9.17, 15) is 0 Å². The van der Waals surface area contributed by atoms with Crippen molar-refractivity contribution in [1.82, 2.24) is 9.78 Å². The largest absolute Gasteiger partial charge is 0.319 e. The van der Waals surface area contributed by atoms with Crippen LogP contribution in [0.3, 0.4) is 0 Å². The first kappa shape index (κ1) is 13.9. The second-order valence-electron chi connectivity index (χ2n) is 3.81. The molecule has 2 rings (SSSR count). The molecule has 2 N–H and O–H groups in total. The molecule has 0 aliphatic carbocycles. The van der Waals surface area contributed by atoms with Gasteiger partial charge in [-0.05, 0) is 35.0 Å². The molecule has 0 aliphatic rings. The molecular formula is C12H12BrCl2N3. The average Bonchev–Trinajstić information content (AvgIpc) is 2.70. The molecule has 0 spiro atoms. The number of aromatic nitrogens is 2. The van der Waals surface area contributed by atoms with Gasteiger partial charge in [0, 0.05) is 22.2 Å². The van der Waals surface area contributed by atoms with Crippen molar-refractivity contribution in [3.63, 3.8) is 0 Å². The lowest BCUT2D eigenvalue weighted by Gasteiger charge is -2.17. The Kier molecular flexibility index (Phi) is 4.33. The second-order valence-corrected chi connectivity index (χ2v) is 5.48. The van der Waals surface area contributed by atoms with Gasteiger partial charge in [0.1, 0.15) is 0 Å². The molecule has 2 aromatic rings. The third kappa shape index (κ3) is 2.43. The van der Waals surface area contributed by atoms with Crippen molar-refractivity contribution in [3.8, 4) is 0 Å². The second kappa shape index (κ2) is 5.61. The van der Waals surface area contributed by atoms with E-state index in [1.54, 1.807) is 24.4 Å². The summed E-state index contributed by atoms with van der Waals surface area (Å²) in [5, 5.41) is 5.37. The zero-order valence-corrected chi connectivity index (χ0v) is 12.8. The first-order valence-corrected chi connectivity index (χ1v) is 7.01. The number of hydrogen-bond acceptors (Lipinski definition) is 2. The van der Waals surface area contributed by atoms with Crippen LogP contribution in [0, 0.1) is 0 Å². The van der Waals surface area contributed by atoms with Crippen LogP contribution in [-0.2, 0) is 6.54 Å². The van der Waals surface area contributed by atoms with Crippen molar-refractivity contribution >= 4 is 39.1 Å². The highest BCUT2D eigenvalue weighted by molar-refractivity contribution is 9.10. The van der Waals surface area contributed by atoms with Gasteiger partial charge < -0.3 is 5.73 Å². The van der Waals surface area contributed by atoms with Gasteiger partial charge in [-0.1, -0.05) is 29.3 Å². The van der Waals surface area contributed by atoms with Crippen molar-refractivity contribution in [2.75, 3.05) is 0 Å². The van der Waals surface area contributed by atoms with Gasteiger partial charge in [0.05, 0.1) is 22.4 Å². The normalized spacial score (nSPS) is 12.7. The highest BCUT2D eigenvalue weighted by Gasteiger charge is 2.22. The molecule has 1 aromatic carbocycles. The summed E-state index contributed by atoms with van der Waals surface area (Å²) in [6.07, 6.45) is 1.73. The lowest BCUT2D eigenvalue weighted by Crippen LogP contribution is -2.18. The van der Waals surface area contributed by atoms with Crippen molar-refractivity contribution in [1.29, 1.82) is 0 Å². The van der Waals surface area contributed by atoms with Crippen LogP contribution in [0.4, 0.5) is 0 Å². The van der Waals surface area contributed by atoms with E-state index in [4.69, 9.17) is 28.9 Å². The van der Waals surface area contributed by atoms with E-state index in [1.807, 2.05) is 11.6 Å². The summed E-state index contributed by atoms with van der Waals surface area (Å²) >= 11 is 15.8. The van der Waals surface area contributed by atoms with Crippen LogP contribution in [0.25, 0.3) is 0 Å². The molecule has 0 aliphatic heterocycles. The topological polar surface area (TPSA) is 43.8 Å². The molecule has 0 amide bonds. The van der Waals surface area contributed by atoms with Crippen LogP contribution >= 0.6 is 39.1 Å². The molecule has 0 radical (unpaired) electrons. The van der Waals surface area contributed by atoms with Gasteiger partial charge in [-0.2, -0.15) is 5.10 Å². The molecule has 1 unspecified atom stereocenters.